The maximum atomic E-state index is 13.0. The van der Waals surface area contributed by atoms with Gasteiger partial charge >= 0.3 is 0 Å². The lowest BCUT2D eigenvalue weighted by Gasteiger charge is -2.10. The third kappa shape index (κ3) is 2.33. The Morgan fingerprint density at radius 3 is 2.56 bits per heavy atom. The second-order valence-electron chi connectivity index (χ2n) is 5.99. The Balaban J connectivity index is 2.18. The van der Waals surface area contributed by atoms with Crippen LogP contribution in [-0.4, -0.2) is 14.6 Å². The minimum absolute atomic E-state index is 0.00366. The molecule has 0 spiro atoms. The van der Waals surface area contributed by atoms with Gasteiger partial charge in [0.2, 0.25) is 0 Å². The van der Waals surface area contributed by atoms with E-state index in [1.165, 1.54) is 41.0 Å². The Labute approximate surface area is 151 Å². The number of aromatic hydroxyl groups is 1. The molecule has 1 N–H and O–H groups in total. The van der Waals surface area contributed by atoms with Crippen LogP contribution in [0, 0.1) is 28.4 Å². The molecule has 27 heavy (non-hydrogen) atoms. The van der Waals surface area contributed by atoms with Crippen molar-refractivity contribution >= 4 is 27.8 Å². The number of hydrogen-bond donors (Lipinski definition) is 1. The van der Waals surface area contributed by atoms with Crippen LogP contribution >= 0.6 is 0 Å². The first-order valence-corrected chi connectivity index (χ1v) is 7.88. The minimum atomic E-state index is -0.549. The molecule has 0 aliphatic rings. The highest BCUT2D eigenvalue weighted by molar-refractivity contribution is 6.05. The van der Waals surface area contributed by atoms with Crippen molar-refractivity contribution in [3.05, 3.63) is 74.1 Å². The van der Waals surface area contributed by atoms with Crippen molar-refractivity contribution in [1.82, 2.24) is 4.57 Å². The van der Waals surface area contributed by atoms with Crippen LogP contribution in [0.2, 0.25) is 0 Å². The Kier molecular flexibility index (Phi) is 3.46. The average Bonchev–Trinajstić information content (AvgIpc) is 3.01. The smallest absolute Gasteiger partial charge is 0.274 e. The summed E-state index contributed by atoms with van der Waals surface area (Å²) in [5, 5.41) is 30.6. The highest BCUT2D eigenvalue weighted by Gasteiger charge is 2.21. The first kappa shape index (κ1) is 16.4. The molecule has 0 unspecified atom stereocenters. The number of aromatic nitrogens is 1. The SMILES string of the molecule is Cc1c(C#N)c(=O)n(-c2ccc([N+](=O)[O-])cc2)c2c1oc1cc(O)ccc12. The van der Waals surface area contributed by atoms with Crippen LogP contribution in [0.15, 0.2) is 51.7 Å². The summed E-state index contributed by atoms with van der Waals surface area (Å²) >= 11 is 0. The fourth-order valence-corrected chi connectivity index (χ4v) is 3.14. The van der Waals surface area contributed by atoms with E-state index in [-0.39, 0.29) is 17.0 Å². The van der Waals surface area contributed by atoms with Gasteiger partial charge in [0.1, 0.15) is 28.5 Å². The van der Waals surface area contributed by atoms with Gasteiger partial charge in [-0.15, -0.1) is 0 Å². The highest BCUT2D eigenvalue weighted by atomic mass is 16.6. The number of hydrogen-bond acceptors (Lipinski definition) is 6. The molecule has 0 bridgehead atoms. The minimum Gasteiger partial charge on any atom is -0.508 e. The highest BCUT2D eigenvalue weighted by Crippen LogP contribution is 2.34. The number of nitriles is 1. The van der Waals surface area contributed by atoms with Gasteiger partial charge in [-0.25, -0.2) is 0 Å². The first-order chi connectivity index (χ1) is 12.9. The number of aryl methyl sites for hydroxylation is 1. The fraction of sp³-hybridized carbons (Fsp3) is 0.0526. The van der Waals surface area contributed by atoms with Crippen molar-refractivity contribution in [2.75, 3.05) is 0 Å². The van der Waals surface area contributed by atoms with Crippen LogP contribution in [-0.2, 0) is 0 Å². The molecule has 4 rings (SSSR count). The number of fused-ring (bicyclic) bond motifs is 3. The summed E-state index contributed by atoms with van der Waals surface area (Å²) in [5.41, 5.74) is 1.15. The van der Waals surface area contributed by atoms with Crippen molar-refractivity contribution < 1.29 is 14.4 Å². The number of nitro groups is 1. The molecule has 8 nitrogen and oxygen atoms in total. The monoisotopic (exact) mass is 361 g/mol. The Morgan fingerprint density at radius 1 is 1.22 bits per heavy atom. The van der Waals surface area contributed by atoms with Gasteiger partial charge < -0.3 is 9.52 Å². The predicted octanol–water partition coefficient (Wildman–Crippen LogP) is 3.53. The lowest BCUT2D eigenvalue weighted by atomic mass is 10.1. The normalized spacial score (nSPS) is 11.0. The van der Waals surface area contributed by atoms with Crippen LogP contribution in [0.3, 0.4) is 0 Å². The zero-order valence-corrected chi connectivity index (χ0v) is 14.0. The molecule has 2 aromatic carbocycles. The molecule has 0 saturated heterocycles. The van der Waals surface area contributed by atoms with Gasteiger partial charge in [0.25, 0.3) is 11.2 Å². The summed E-state index contributed by atoms with van der Waals surface area (Å²) in [6.07, 6.45) is 0. The van der Waals surface area contributed by atoms with E-state index in [0.717, 1.165) is 0 Å². The summed E-state index contributed by atoms with van der Waals surface area (Å²) in [5.74, 6) is 0.00366. The molecule has 4 aromatic rings. The number of phenols is 1. The number of nitrogens with zero attached hydrogens (tertiary/aromatic N) is 3. The number of rotatable bonds is 2. The lowest BCUT2D eigenvalue weighted by Crippen LogP contribution is -2.22. The van der Waals surface area contributed by atoms with E-state index in [4.69, 9.17) is 4.42 Å². The van der Waals surface area contributed by atoms with Crippen LogP contribution in [0.25, 0.3) is 27.8 Å². The summed E-state index contributed by atoms with van der Waals surface area (Å²) in [6, 6.07) is 11.9. The standard InChI is InChI=1S/C19H11N3O5/c1-10-15(9-20)19(24)21(11-2-4-12(5-3-11)22(25)26)17-14-7-6-13(23)8-16(14)27-18(10)17/h2-8,23H,1H3. The third-order valence-electron chi connectivity index (χ3n) is 4.43. The Morgan fingerprint density at radius 2 is 1.93 bits per heavy atom. The summed E-state index contributed by atoms with van der Waals surface area (Å²) in [4.78, 5) is 23.3. The molecule has 0 amide bonds. The van der Waals surface area contributed by atoms with Crippen LogP contribution in [0.5, 0.6) is 5.75 Å². The molecule has 8 heteroatoms. The molecule has 2 heterocycles. The lowest BCUT2D eigenvalue weighted by molar-refractivity contribution is -0.384. The van der Waals surface area contributed by atoms with E-state index in [0.29, 0.717) is 33.3 Å². The number of non-ortho nitro benzene ring substituents is 1. The van der Waals surface area contributed by atoms with E-state index in [2.05, 4.69) is 0 Å². The zero-order valence-electron chi connectivity index (χ0n) is 14.0. The maximum absolute atomic E-state index is 13.0. The van der Waals surface area contributed by atoms with Gasteiger partial charge in [0, 0.05) is 34.8 Å². The van der Waals surface area contributed by atoms with E-state index in [1.807, 2.05) is 6.07 Å². The van der Waals surface area contributed by atoms with Crippen LogP contribution in [0.4, 0.5) is 5.69 Å². The van der Waals surface area contributed by atoms with Gasteiger partial charge in [-0.3, -0.25) is 19.5 Å². The van der Waals surface area contributed by atoms with Gasteiger partial charge in [-0.2, -0.15) is 5.26 Å². The van der Waals surface area contributed by atoms with Gasteiger partial charge in [0.15, 0.2) is 5.58 Å². The zero-order chi connectivity index (χ0) is 19.3. The van der Waals surface area contributed by atoms with E-state index >= 15 is 0 Å². The number of benzene rings is 2. The second kappa shape index (κ2) is 5.71. The van der Waals surface area contributed by atoms with Gasteiger partial charge in [0.05, 0.1) is 4.92 Å². The molecule has 0 aliphatic heterocycles. The Bertz CT molecular complexity index is 1340. The average molecular weight is 361 g/mol. The number of pyridine rings is 1. The molecular weight excluding hydrogens is 350 g/mol. The van der Waals surface area contributed by atoms with E-state index in [1.54, 1.807) is 13.0 Å². The quantitative estimate of drug-likeness (QED) is 0.430. The molecule has 0 aliphatic carbocycles. The summed E-state index contributed by atoms with van der Waals surface area (Å²) in [7, 11) is 0. The second-order valence-corrected chi connectivity index (χ2v) is 5.99. The van der Waals surface area contributed by atoms with Crippen molar-refractivity contribution in [3.8, 4) is 17.5 Å². The molecule has 0 radical (unpaired) electrons. The Hall–Kier alpha value is -4.12. The number of nitro benzene ring substituents is 1. The van der Waals surface area contributed by atoms with E-state index in [9.17, 15) is 25.3 Å². The molecule has 0 atom stereocenters. The number of phenolic OH excluding ortho intramolecular Hbond substituents is 1. The van der Waals surface area contributed by atoms with Gasteiger partial charge in [-0.1, -0.05) is 0 Å². The van der Waals surface area contributed by atoms with Crippen molar-refractivity contribution in [2.45, 2.75) is 6.92 Å². The van der Waals surface area contributed by atoms with Crippen molar-refractivity contribution in [3.63, 3.8) is 0 Å². The molecule has 0 saturated carbocycles. The van der Waals surface area contributed by atoms with Crippen molar-refractivity contribution in [2.24, 2.45) is 0 Å². The summed E-state index contributed by atoms with van der Waals surface area (Å²) in [6.45, 7) is 1.62. The fourth-order valence-electron chi connectivity index (χ4n) is 3.14. The number of furan rings is 1. The van der Waals surface area contributed by atoms with Gasteiger partial charge in [-0.05, 0) is 31.2 Å². The van der Waals surface area contributed by atoms with Crippen LogP contribution < -0.4 is 5.56 Å². The molecular formula is C19H11N3O5. The largest absolute Gasteiger partial charge is 0.508 e. The topological polar surface area (TPSA) is 122 Å². The molecule has 0 fully saturated rings. The van der Waals surface area contributed by atoms with Crippen LogP contribution in [0.1, 0.15) is 11.1 Å². The summed E-state index contributed by atoms with van der Waals surface area (Å²) < 4.78 is 7.11. The first-order valence-electron chi connectivity index (χ1n) is 7.88. The predicted molar refractivity (Wildman–Crippen MR) is 97.1 cm³/mol. The third-order valence-corrected chi connectivity index (χ3v) is 4.43. The molecule has 132 valence electrons. The maximum Gasteiger partial charge on any atom is 0.274 e. The molecule has 2 aromatic heterocycles. The van der Waals surface area contributed by atoms with E-state index < -0.39 is 10.5 Å². The van der Waals surface area contributed by atoms with Crippen molar-refractivity contribution in [1.29, 1.82) is 5.26 Å².